The first-order chi connectivity index (χ1) is 7.88. The van der Waals surface area contributed by atoms with Gasteiger partial charge in [0.15, 0.2) is 0 Å². The molecule has 0 spiro atoms. The van der Waals surface area contributed by atoms with Crippen molar-refractivity contribution in [3.63, 3.8) is 0 Å². The zero-order valence-corrected chi connectivity index (χ0v) is 9.53. The Morgan fingerprint density at radius 2 is 2.00 bits per heavy atom. The van der Waals surface area contributed by atoms with E-state index in [0.29, 0.717) is 19.3 Å². The maximum atomic E-state index is 5.48. The Kier molecular flexibility index (Phi) is 4.02. The van der Waals surface area contributed by atoms with Crippen molar-refractivity contribution in [3.8, 4) is 5.75 Å². The van der Waals surface area contributed by atoms with E-state index in [-0.39, 0.29) is 0 Å². The molecule has 1 aliphatic rings. The number of rotatable bonds is 6. The van der Waals surface area contributed by atoms with E-state index in [1.165, 1.54) is 0 Å². The summed E-state index contributed by atoms with van der Waals surface area (Å²) in [6, 6.07) is 8.61. The lowest BCUT2D eigenvalue weighted by Crippen LogP contribution is -2.51. The van der Waals surface area contributed by atoms with E-state index < -0.39 is 0 Å². The van der Waals surface area contributed by atoms with Gasteiger partial charge in [-0.05, 0) is 24.3 Å². The Hall–Kier alpha value is -1.26. The number of benzene rings is 1. The second-order valence-electron chi connectivity index (χ2n) is 3.87. The highest BCUT2D eigenvalue weighted by Gasteiger charge is 2.15. The maximum absolute atomic E-state index is 5.48. The molecule has 0 amide bonds. The van der Waals surface area contributed by atoms with Crippen LogP contribution in [0.1, 0.15) is 0 Å². The Morgan fingerprint density at radius 1 is 1.25 bits per heavy atom. The lowest BCUT2D eigenvalue weighted by molar-refractivity contribution is 0.146. The molecule has 2 N–H and O–H groups in total. The molecule has 4 nitrogen and oxygen atoms in total. The first kappa shape index (κ1) is 11.2. The highest BCUT2D eigenvalue weighted by atomic mass is 16.5. The minimum absolute atomic E-state index is 0.570. The van der Waals surface area contributed by atoms with Crippen molar-refractivity contribution in [1.82, 2.24) is 5.32 Å². The van der Waals surface area contributed by atoms with E-state index in [0.717, 1.165) is 24.5 Å². The van der Waals surface area contributed by atoms with Gasteiger partial charge in [0, 0.05) is 25.9 Å². The molecule has 1 aromatic carbocycles. The summed E-state index contributed by atoms with van der Waals surface area (Å²) < 4.78 is 10.4. The average Bonchev–Trinajstić information content (AvgIpc) is 2.26. The summed E-state index contributed by atoms with van der Waals surface area (Å²) >= 11 is 0. The Morgan fingerprint density at radius 3 is 2.56 bits per heavy atom. The third kappa shape index (κ3) is 3.12. The number of nitrogens with one attached hydrogen (secondary N) is 2. The van der Waals surface area contributed by atoms with Crippen molar-refractivity contribution in [2.75, 3.05) is 38.7 Å². The van der Waals surface area contributed by atoms with Crippen LogP contribution in [0.5, 0.6) is 5.75 Å². The molecule has 1 aliphatic heterocycles. The Labute approximate surface area is 95.9 Å². The molecule has 2 rings (SSSR count). The normalized spacial score (nSPS) is 15.6. The Balaban J connectivity index is 1.78. The van der Waals surface area contributed by atoms with Crippen LogP contribution in [0.15, 0.2) is 24.3 Å². The molecular weight excluding hydrogens is 204 g/mol. The zero-order valence-electron chi connectivity index (χ0n) is 9.53. The monoisotopic (exact) mass is 222 g/mol. The van der Waals surface area contributed by atoms with Crippen LogP contribution in [0.4, 0.5) is 5.69 Å². The van der Waals surface area contributed by atoms with Gasteiger partial charge in [0.2, 0.25) is 0 Å². The van der Waals surface area contributed by atoms with E-state index >= 15 is 0 Å². The van der Waals surface area contributed by atoms with Crippen LogP contribution in [0, 0.1) is 0 Å². The van der Waals surface area contributed by atoms with Gasteiger partial charge in [-0.3, -0.25) is 0 Å². The highest BCUT2D eigenvalue weighted by molar-refractivity contribution is 5.47. The van der Waals surface area contributed by atoms with Gasteiger partial charge in [-0.2, -0.15) is 0 Å². The molecule has 0 atom stereocenters. The van der Waals surface area contributed by atoms with E-state index in [4.69, 9.17) is 9.47 Å². The molecule has 0 aliphatic carbocycles. The van der Waals surface area contributed by atoms with E-state index in [1.54, 1.807) is 7.11 Å². The fourth-order valence-electron chi connectivity index (χ4n) is 1.52. The molecule has 1 aromatic rings. The lowest BCUT2D eigenvalue weighted by Gasteiger charge is -2.29. The van der Waals surface area contributed by atoms with Crippen molar-refractivity contribution in [2.24, 2.45) is 0 Å². The van der Waals surface area contributed by atoms with Crippen LogP contribution < -0.4 is 15.4 Å². The van der Waals surface area contributed by atoms with Crippen molar-refractivity contribution >= 4 is 5.69 Å². The molecule has 0 radical (unpaired) electrons. The highest BCUT2D eigenvalue weighted by Crippen LogP contribution is 2.16. The largest absolute Gasteiger partial charge is 0.491 e. The van der Waals surface area contributed by atoms with Gasteiger partial charge in [0.25, 0.3) is 0 Å². The molecule has 1 heterocycles. The summed E-state index contributed by atoms with van der Waals surface area (Å²) in [7, 11) is 1.67. The second kappa shape index (κ2) is 5.72. The minimum Gasteiger partial charge on any atom is -0.491 e. The number of hydrogen-bond donors (Lipinski definition) is 2. The van der Waals surface area contributed by atoms with Gasteiger partial charge in [-0.25, -0.2) is 0 Å². The molecule has 1 saturated heterocycles. The van der Waals surface area contributed by atoms with Crippen molar-refractivity contribution in [1.29, 1.82) is 0 Å². The molecule has 16 heavy (non-hydrogen) atoms. The van der Waals surface area contributed by atoms with Crippen molar-refractivity contribution in [2.45, 2.75) is 6.04 Å². The topological polar surface area (TPSA) is 42.5 Å². The van der Waals surface area contributed by atoms with E-state index in [2.05, 4.69) is 10.6 Å². The fourth-order valence-corrected chi connectivity index (χ4v) is 1.52. The summed E-state index contributed by atoms with van der Waals surface area (Å²) in [6.45, 7) is 3.31. The van der Waals surface area contributed by atoms with Gasteiger partial charge in [0.05, 0.1) is 12.6 Å². The molecule has 1 fully saturated rings. The van der Waals surface area contributed by atoms with Crippen LogP contribution in [0.2, 0.25) is 0 Å². The molecule has 0 unspecified atom stereocenters. The summed E-state index contributed by atoms with van der Waals surface area (Å²) in [5, 5.41) is 6.66. The minimum atomic E-state index is 0.570. The van der Waals surface area contributed by atoms with Crippen LogP contribution in [0.3, 0.4) is 0 Å². The summed E-state index contributed by atoms with van der Waals surface area (Å²) in [5.74, 6) is 0.884. The Bertz CT molecular complexity index is 309. The SMILES string of the molecule is COCCOc1ccc(NC2CNC2)cc1. The third-order valence-corrected chi connectivity index (χ3v) is 2.56. The van der Waals surface area contributed by atoms with Crippen molar-refractivity contribution in [3.05, 3.63) is 24.3 Å². The number of hydrogen-bond acceptors (Lipinski definition) is 4. The van der Waals surface area contributed by atoms with Gasteiger partial charge in [-0.15, -0.1) is 0 Å². The standard InChI is InChI=1S/C12H18N2O2/c1-15-6-7-16-12-4-2-10(3-5-12)14-11-8-13-9-11/h2-5,11,13-14H,6-9H2,1H3. The van der Waals surface area contributed by atoms with Gasteiger partial charge >= 0.3 is 0 Å². The first-order valence-corrected chi connectivity index (χ1v) is 5.57. The molecular formula is C12H18N2O2. The number of ether oxygens (including phenoxy) is 2. The average molecular weight is 222 g/mol. The van der Waals surface area contributed by atoms with Crippen LogP contribution in [0.25, 0.3) is 0 Å². The predicted octanol–water partition coefficient (Wildman–Crippen LogP) is 1.10. The first-order valence-electron chi connectivity index (χ1n) is 5.57. The summed E-state index contributed by atoms with van der Waals surface area (Å²) in [4.78, 5) is 0. The molecule has 0 saturated carbocycles. The predicted molar refractivity (Wildman–Crippen MR) is 64.1 cm³/mol. The molecule has 0 bridgehead atoms. The van der Waals surface area contributed by atoms with Gasteiger partial charge in [-0.1, -0.05) is 0 Å². The fraction of sp³-hybridized carbons (Fsp3) is 0.500. The van der Waals surface area contributed by atoms with E-state index in [1.807, 2.05) is 24.3 Å². The van der Waals surface area contributed by atoms with Gasteiger partial charge < -0.3 is 20.1 Å². The zero-order chi connectivity index (χ0) is 11.2. The number of anilines is 1. The second-order valence-corrected chi connectivity index (χ2v) is 3.87. The van der Waals surface area contributed by atoms with Gasteiger partial charge in [0.1, 0.15) is 12.4 Å². The molecule has 88 valence electrons. The summed E-state index contributed by atoms with van der Waals surface area (Å²) in [5.41, 5.74) is 1.14. The van der Waals surface area contributed by atoms with Crippen LogP contribution in [-0.4, -0.2) is 39.5 Å². The van der Waals surface area contributed by atoms with Crippen LogP contribution >= 0.6 is 0 Å². The smallest absolute Gasteiger partial charge is 0.119 e. The van der Waals surface area contributed by atoms with Crippen LogP contribution in [-0.2, 0) is 4.74 Å². The molecule has 4 heteroatoms. The van der Waals surface area contributed by atoms with Crippen molar-refractivity contribution < 1.29 is 9.47 Å². The molecule has 0 aromatic heterocycles. The number of methoxy groups -OCH3 is 1. The third-order valence-electron chi connectivity index (χ3n) is 2.56. The quantitative estimate of drug-likeness (QED) is 0.707. The van der Waals surface area contributed by atoms with E-state index in [9.17, 15) is 0 Å². The summed E-state index contributed by atoms with van der Waals surface area (Å²) in [6.07, 6.45) is 0. The maximum Gasteiger partial charge on any atom is 0.119 e. The lowest BCUT2D eigenvalue weighted by atomic mass is 10.1.